The van der Waals surface area contributed by atoms with Gasteiger partial charge in [0.2, 0.25) is 0 Å². The molecule has 0 bridgehead atoms. The molecule has 5 heteroatoms. The first-order chi connectivity index (χ1) is 8.08. The number of hydrogen-bond donors (Lipinski definition) is 1. The fourth-order valence-corrected chi connectivity index (χ4v) is 1.65. The number of Topliss-reactive ketones (excluding diaryl/α,β-unsaturated/α-hetero) is 1. The van der Waals surface area contributed by atoms with Crippen molar-refractivity contribution in [2.75, 3.05) is 11.6 Å². The van der Waals surface area contributed by atoms with Crippen LogP contribution in [0.1, 0.15) is 22.3 Å². The minimum absolute atomic E-state index is 0.121. The van der Waals surface area contributed by atoms with Gasteiger partial charge in [-0.3, -0.25) is 4.79 Å². The number of nitriles is 1. The molecule has 1 aromatic carbocycles. The van der Waals surface area contributed by atoms with E-state index in [4.69, 9.17) is 17.5 Å². The summed E-state index contributed by atoms with van der Waals surface area (Å²) in [6.45, 7) is 1.90. The normalized spacial score (nSPS) is 9.47. The summed E-state index contributed by atoms with van der Waals surface area (Å²) in [4.78, 5) is 11.8. The molecule has 0 fully saturated rings. The van der Waals surface area contributed by atoms with Crippen molar-refractivity contribution < 1.29 is 4.79 Å². The molecule has 0 aliphatic rings. The van der Waals surface area contributed by atoms with Crippen molar-refractivity contribution in [3.63, 3.8) is 0 Å². The van der Waals surface area contributed by atoms with Crippen molar-refractivity contribution in [3.05, 3.63) is 29.3 Å². The summed E-state index contributed by atoms with van der Waals surface area (Å²) >= 11 is 6.46. The molecule has 88 valence electrons. The van der Waals surface area contributed by atoms with Gasteiger partial charge in [0.15, 0.2) is 5.78 Å². The smallest absolute Gasteiger partial charge is 0.178 e. The van der Waals surface area contributed by atoms with Crippen LogP contribution in [0.4, 0.5) is 5.69 Å². The second-order valence-corrected chi connectivity index (χ2v) is 4.91. The predicted octanol–water partition coefficient (Wildman–Crippen LogP) is 3.15. The zero-order valence-corrected chi connectivity index (χ0v) is 11.2. The van der Waals surface area contributed by atoms with Gasteiger partial charge in [-0.1, -0.05) is 23.8 Å². The number of benzene rings is 1. The lowest BCUT2D eigenvalue weighted by molar-refractivity contribution is 0.0998. The quantitative estimate of drug-likeness (QED) is 0.671. The summed E-state index contributed by atoms with van der Waals surface area (Å²) in [5, 5.41) is 11.6. The Kier molecular flexibility index (Phi) is 5.13. The lowest BCUT2D eigenvalue weighted by Crippen LogP contribution is -2.09. The van der Waals surface area contributed by atoms with E-state index >= 15 is 0 Å². The lowest BCUT2D eigenvalue weighted by Gasteiger charge is -2.10. The van der Waals surface area contributed by atoms with Gasteiger partial charge in [0.1, 0.15) is 4.32 Å². The summed E-state index contributed by atoms with van der Waals surface area (Å²) in [6, 6.07) is 7.34. The number of nitrogens with zero attached hydrogens (tertiary/aromatic N) is 1. The van der Waals surface area contributed by atoms with Crippen LogP contribution in [0.5, 0.6) is 0 Å². The Morgan fingerprint density at radius 3 is 2.88 bits per heavy atom. The topological polar surface area (TPSA) is 52.9 Å². The zero-order valence-electron chi connectivity index (χ0n) is 9.61. The largest absolute Gasteiger partial charge is 0.341 e. The summed E-state index contributed by atoms with van der Waals surface area (Å²) < 4.78 is 0.597. The molecule has 0 radical (unpaired) electrons. The van der Waals surface area contributed by atoms with Crippen LogP contribution in [0.3, 0.4) is 0 Å². The molecule has 0 aliphatic carbocycles. The number of carbonyl (C=O) groups excluding carboxylic acids is 1. The highest BCUT2D eigenvalue weighted by atomic mass is 32.2. The number of thioether (sulfide) groups is 1. The van der Waals surface area contributed by atoms with E-state index in [9.17, 15) is 4.79 Å². The summed E-state index contributed by atoms with van der Waals surface area (Å²) in [5.41, 5.74) is 2.16. The average molecular weight is 264 g/mol. The Balaban J connectivity index is 3.08. The molecule has 0 aromatic heterocycles. The summed E-state index contributed by atoms with van der Waals surface area (Å²) in [6.07, 6.45) is 1.74. The van der Waals surface area contributed by atoms with Crippen LogP contribution in [0.15, 0.2) is 18.2 Å². The highest BCUT2D eigenvalue weighted by Gasteiger charge is 2.12. The van der Waals surface area contributed by atoms with Crippen LogP contribution in [-0.2, 0) is 0 Å². The molecule has 1 rings (SSSR count). The molecule has 0 aliphatic heterocycles. The Hall–Kier alpha value is -1.38. The Morgan fingerprint density at radius 2 is 2.29 bits per heavy atom. The van der Waals surface area contributed by atoms with Gasteiger partial charge in [-0.15, -0.1) is 11.8 Å². The molecule has 0 heterocycles. The fraction of sp³-hybridized carbons (Fsp3) is 0.250. The van der Waals surface area contributed by atoms with E-state index in [0.29, 0.717) is 15.6 Å². The Labute approximate surface area is 110 Å². The number of ketones is 1. The molecule has 17 heavy (non-hydrogen) atoms. The van der Waals surface area contributed by atoms with Crippen molar-refractivity contribution in [1.82, 2.24) is 0 Å². The predicted molar refractivity (Wildman–Crippen MR) is 75.5 cm³/mol. The van der Waals surface area contributed by atoms with Crippen molar-refractivity contribution in [3.8, 4) is 6.07 Å². The van der Waals surface area contributed by atoms with E-state index < -0.39 is 0 Å². The third-order valence-electron chi connectivity index (χ3n) is 2.14. The first-order valence-corrected chi connectivity index (χ1v) is 6.57. The Morgan fingerprint density at radius 1 is 1.59 bits per heavy atom. The molecule has 0 saturated carbocycles. The van der Waals surface area contributed by atoms with Crippen molar-refractivity contribution in [1.29, 1.82) is 5.26 Å². The number of thiocarbonyl (C=S) groups is 1. The molecule has 1 aromatic rings. The average Bonchev–Trinajstić information content (AvgIpc) is 2.31. The van der Waals surface area contributed by atoms with E-state index in [1.807, 2.05) is 31.4 Å². The van der Waals surface area contributed by atoms with Gasteiger partial charge >= 0.3 is 0 Å². The molecule has 0 spiro atoms. The number of rotatable bonds is 3. The van der Waals surface area contributed by atoms with Gasteiger partial charge in [0, 0.05) is 5.56 Å². The van der Waals surface area contributed by atoms with E-state index in [-0.39, 0.29) is 12.2 Å². The van der Waals surface area contributed by atoms with E-state index in [1.165, 1.54) is 11.8 Å². The maximum atomic E-state index is 11.8. The minimum atomic E-state index is -0.192. The Bertz CT molecular complexity index is 492. The summed E-state index contributed by atoms with van der Waals surface area (Å²) in [7, 11) is 0. The van der Waals surface area contributed by atoms with Crippen LogP contribution >= 0.6 is 24.0 Å². The zero-order chi connectivity index (χ0) is 12.8. The number of anilines is 1. The minimum Gasteiger partial charge on any atom is -0.341 e. The number of aryl methyl sites for hydroxylation is 1. The van der Waals surface area contributed by atoms with Gasteiger partial charge in [-0.05, 0) is 25.3 Å². The molecule has 0 unspecified atom stereocenters. The van der Waals surface area contributed by atoms with Crippen LogP contribution in [-0.4, -0.2) is 16.4 Å². The third kappa shape index (κ3) is 3.84. The highest BCUT2D eigenvalue weighted by Crippen LogP contribution is 2.20. The SMILES string of the molecule is CSC(=S)Nc1ccc(C)cc1C(=O)CC#N. The van der Waals surface area contributed by atoms with Crippen LogP contribution in [0.25, 0.3) is 0 Å². The molecule has 1 N–H and O–H groups in total. The van der Waals surface area contributed by atoms with E-state index in [2.05, 4.69) is 5.32 Å². The number of carbonyl (C=O) groups is 1. The van der Waals surface area contributed by atoms with Gasteiger partial charge in [-0.25, -0.2) is 0 Å². The van der Waals surface area contributed by atoms with Crippen LogP contribution in [0, 0.1) is 18.3 Å². The van der Waals surface area contributed by atoms with Crippen molar-refractivity contribution >= 4 is 39.8 Å². The molecule has 0 amide bonds. The lowest BCUT2D eigenvalue weighted by atomic mass is 10.0. The maximum Gasteiger partial charge on any atom is 0.178 e. The monoisotopic (exact) mass is 264 g/mol. The molecular formula is C12H12N2OS2. The number of hydrogen-bond acceptors (Lipinski definition) is 4. The maximum absolute atomic E-state index is 11.8. The molecular weight excluding hydrogens is 252 g/mol. The first-order valence-electron chi connectivity index (χ1n) is 4.94. The molecule has 0 saturated heterocycles. The van der Waals surface area contributed by atoms with Crippen LogP contribution < -0.4 is 5.32 Å². The second-order valence-electron chi connectivity index (χ2n) is 3.42. The molecule has 0 atom stereocenters. The fourth-order valence-electron chi connectivity index (χ4n) is 1.33. The standard InChI is InChI=1S/C12H12N2OS2/c1-8-3-4-10(14-12(16)17-2)9(7-8)11(15)5-6-13/h3-4,7H,5H2,1-2H3,(H,14,16). The van der Waals surface area contributed by atoms with Gasteiger partial charge in [0.05, 0.1) is 18.2 Å². The van der Waals surface area contributed by atoms with E-state index in [0.717, 1.165) is 5.56 Å². The third-order valence-corrected chi connectivity index (χ3v) is 3.21. The summed E-state index contributed by atoms with van der Waals surface area (Å²) in [5.74, 6) is -0.192. The van der Waals surface area contributed by atoms with Crippen LogP contribution in [0.2, 0.25) is 0 Å². The highest BCUT2D eigenvalue weighted by molar-refractivity contribution is 8.22. The second kappa shape index (κ2) is 6.38. The van der Waals surface area contributed by atoms with Gasteiger partial charge < -0.3 is 5.32 Å². The van der Waals surface area contributed by atoms with Crippen molar-refractivity contribution in [2.24, 2.45) is 0 Å². The van der Waals surface area contributed by atoms with Gasteiger partial charge in [0.25, 0.3) is 0 Å². The van der Waals surface area contributed by atoms with Gasteiger partial charge in [-0.2, -0.15) is 5.26 Å². The van der Waals surface area contributed by atoms with Crippen molar-refractivity contribution in [2.45, 2.75) is 13.3 Å². The molecule has 3 nitrogen and oxygen atoms in total. The first kappa shape index (κ1) is 13.7. The van der Waals surface area contributed by atoms with E-state index in [1.54, 1.807) is 6.07 Å². The number of nitrogens with one attached hydrogen (secondary N) is 1.